The van der Waals surface area contributed by atoms with E-state index < -0.39 is 0 Å². The van der Waals surface area contributed by atoms with Crippen LogP contribution in [0, 0.1) is 0 Å². The van der Waals surface area contributed by atoms with E-state index in [-0.39, 0.29) is 18.5 Å². The normalized spacial score (nSPS) is 14.8. The summed E-state index contributed by atoms with van der Waals surface area (Å²) < 4.78 is 17.2. The molecule has 0 aliphatic carbocycles. The molecule has 4 aromatic heterocycles. The molecule has 13 aromatic carbocycles. The molecule has 0 radical (unpaired) electrons. The molecule has 17 aromatic rings. The van der Waals surface area contributed by atoms with Gasteiger partial charge in [0, 0.05) is 77.7 Å². The molecule has 5 nitrogen and oxygen atoms in total. The molecule has 2 unspecified atom stereocenters. The molecule has 6 heteroatoms. The lowest BCUT2D eigenvalue weighted by Gasteiger charge is -2.35. The number of hydrogen-bond donors (Lipinski definition) is 0. The van der Waals surface area contributed by atoms with Gasteiger partial charge in [0.05, 0.1) is 44.1 Å². The van der Waals surface area contributed by atoms with E-state index in [0.717, 1.165) is 34.2 Å². The smallest absolute Gasteiger partial charge is 0.251 e. The van der Waals surface area contributed by atoms with Gasteiger partial charge >= 0.3 is 0 Å². The fourth-order valence-electron chi connectivity index (χ4n) is 16.9. The van der Waals surface area contributed by atoms with Gasteiger partial charge in [-0.15, -0.1) is 0 Å². The van der Waals surface area contributed by atoms with Gasteiger partial charge in [0.1, 0.15) is 11.5 Å². The maximum absolute atomic E-state index is 7.22. The van der Waals surface area contributed by atoms with Gasteiger partial charge in [-0.05, 0) is 176 Å². The molecule has 91 heavy (non-hydrogen) atoms. The van der Waals surface area contributed by atoms with Crippen LogP contribution >= 0.6 is 0 Å². The highest BCUT2D eigenvalue weighted by Crippen LogP contribution is 2.47. The Morgan fingerprint density at radius 2 is 0.681 bits per heavy atom. The summed E-state index contributed by atoms with van der Waals surface area (Å²) in [6.45, 7) is 9.57. The van der Waals surface area contributed by atoms with Crippen molar-refractivity contribution in [3.8, 4) is 56.5 Å². The number of aromatic nitrogens is 4. The fraction of sp³-hybridized carbons (Fsp3) is 0.0824. The Morgan fingerprint density at radius 1 is 0.308 bits per heavy atom. The van der Waals surface area contributed by atoms with E-state index in [9.17, 15) is 0 Å². The molecule has 0 spiro atoms. The number of nitrogens with zero attached hydrogens (tertiary/aromatic N) is 4. The first-order valence-electron chi connectivity index (χ1n) is 32.3. The summed E-state index contributed by atoms with van der Waals surface area (Å²) in [4.78, 5) is 0. The van der Waals surface area contributed by atoms with E-state index in [0.29, 0.717) is 5.92 Å². The summed E-state index contributed by atoms with van der Waals surface area (Å²) >= 11 is 0. The molecule has 3 aliphatic heterocycles. The standard InChI is InChI=1S/C85H59BN4O/c1-49(2)56-45-69-50(3)61-25-15-27-67-71-43-54(52-17-13-19-57(41-52)87-75-29-9-5-21-63(75)64-22-6-10-30-76(64)87)33-37-79(71)89(84(61)67)59-35-39-81-73(47-59)86-74-48-60(36-40-82(74)91-81)90-80-38-34-55(44-72(80)68-28-16-26-62(85(68)90)51(4)70(46-56)83(69)86)53-18-14-20-58(42-53)88-77-31-11-7-23-65(77)66-24-8-12-32-78(66)88/h5-51H,1-4H3. The molecule has 3 aliphatic rings. The average molecular weight is 1160 g/mol. The highest BCUT2D eigenvalue weighted by molar-refractivity contribution is 6.97. The van der Waals surface area contributed by atoms with E-state index in [1.54, 1.807) is 0 Å². The van der Waals surface area contributed by atoms with Crippen LogP contribution < -0.4 is 21.1 Å². The third-order valence-electron chi connectivity index (χ3n) is 21.1. The zero-order valence-electron chi connectivity index (χ0n) is 50.9. The molecule has 0 N–H and O–H groups in total. The minimum Gasteiger partial charge on any atom is -0.458 e. The largest absolute Gasteiger partial charge is 0.458 e. The van der Waals surface area contributed by atoms with E-state index in [4.69, 9.17) is 4.74 Å². The molecule has 0 fully saturated rings. The lowest BCUT2D eigenvalue weighted by Crippen LogP contribution is -2.58. The highest BCUT2D eigenvalue weighted by Gasteiger charge is 2.41. The Labute approximate surface area is 526 Å². The predicted octanol–water partition coefficient (Wildman–Crippen LogP) is 20.1. The Hall–Kier alpha value is -11.1. The first-order chi connectivity index (χ1) is 44.8. The quantitative estimate of drug-likeness (QED) is 0.158. The van der Waals surface area contributed by atoms with Crippen molar-refractivity contribution in [3.63, 3.8) is 0 Å². The van der Waals surface area contributed by atoms with Crippen LogP contribution in [0.4, 0.5) is 0 Å². The van der Waals surface area contributed by atoms with Crippen molar-refractivity contribution in [1.82, 2.24) is 18.3 Å². The number of fused-ring (bicyclic) bond motifs is 16. The minimum atomic E-state index is -0.123. The van der Waals surface area contributed by atoms with Gasteiger partial charge < -0.3 is 23.0 Å². The van der Waals surface area contributed by atoms with E-state index >= 15 is 0 Å². The monoisotopic (exact) mass is 1160 g/mol. The Morgan fingerprint density at radius 3 is 1.11 bits per heavy atom. The molecule has 0 amide bonds. The van der Waals surface area contributed by atoms with Gasteiger partial charge in [0.25, 0.3) is 6.71 Å². The van der Waals surface area contributed by atoms with Crippen LogP contribution in [-0.2, 0) is 0 Å². The van der Waals surface area contributed by atoms with Gasteiger partial charge in [-0.25, -0.2) is 0 Å². The van der Waals surface area contributed by atoms with E-state index in [2.05, 4.69) is 313 Å². The lowest BCUT2D eigenvalue weighted by molar-refractivity contribution is 0.487. The van der Waals surface area contributed by atoms with Gasteiger partial charge in [0.2, 0.25) is 0 Å². The van der Waals surface area contributed by atoms with Gasteiger partial charge in [0.15, 0.2) is 0 Å². The second-order valence-electron chi connectivity index (χ2n) is 26.2. The van der Waals surface area contributed by atoms with Crippen LogP contribution in [0.15, 0.2) is 267 Å². The van der Waals surface area contributed by atoms with Crippen LogP contribution in [0.3, 0.4) is 0 Å². The fourth-order valence-corrected chi connectivity index (χ4v) is 16.9. The second kappa shape index (κ2) is 18.7. The SMILES string of the molecule is CC(C)c1cc2c3c(c1)C(C)c1cccc4c5cc(-c6cccc(-n7c8ccccc8c8ccccc87)c6)ccc5n(c14)-c1ccc4c(c1)B3c1cc(ccc1O4)-n1c3ccc(-c4cccc(-n5c6ccccc6c6ccccc65)c4)cc3c3cccc(c31)C2C. The van der Waals surface area contributed by atoms with Crippen molar-refractivity contribution in [3.05, 3.63) is 295 Å². The summed E-state index contributed by atoms with van der Waals surface area (Å²) in [6.07, 6.45) is 0. The number of para-hydroxylation sites is 6. The summed E-state index contributed by atoms with van der Waals surface area (Å²) in [7, 11) is 0. The van der Waals surface area contributed by atoms with Crippen molar-refractivity contribution < 1.29 is 4.74 Å². The molecular weight excluding hydrogens is 1100 g/mol. The zero-order chi connectivity index (χ0) is 60.1. The van der Waals surface area contributed by atoms with Gasteiger partial charge in [-0.2, -0.15) is 0 Å². The first-order valence-corrected chi connectivity index (χ1v) is 32.3. The molecule has 7 heterocycles. The van der Waals surface area contributed by atoms with E-state index in [1.807, 2.05) is 0 Å². The molecule has 0 saturated heterocycles. The number of benzene rings is 13. The Balaban J connectivity index is 0.784. The Bertz CT molecular complexity index is 5580. The summed E-state index contributed by atoms with van der Waals surface area (Å²) in [5.74, 6) is 2.15. The van der Waals surface area contributed by atoms with Crippen molar-refractivity contribution in [2.75, 3.05) is 0 Å². The minimum absolute atomic E-state index is 0.0211. The third-order valence-corrected chi connectivity index (χ3v) is 21.1. The summed E-state index contributed by atoms with van der Waals surface area (Å²) in [5, 5.41) is 10.0. The second-order valence-corrected chi connectivity index (χ2v) is 26.2. The van der Waals surface area contributed by atoms with Crippen molar-refractivity contribution in [2.45, 2.75) is 45.4 Å². The van der Waals surface area contributed by atoms with Crippen LogP contribution in [0.5, 0.6) is 11.5 Å². The van der Waals surface area contributed by atoms with Gasteiger partial charge in [-0.3, -0.25) is 0 Å². The zero-order valence-corrected chi connectivity index (χ0v) is 50.9. The molecule has 428 valence electrons. The first kappa shape index (κ1) is 50.9. The summed E-state index contributed by atoms with van der Waals surface area (Å²) in [5.41, 5.74) is 29.6. The Kier molecular flexibility index (Phi) is 10.5. The topological polar surface area (TPSA) is 28.9 Å². The highest BCUT2D eigenvalue weighted by atomic mass is 16.5. The van der Waals surface area contributed by atoms with Crippen molar-refractivity contribution in [2.24, 2.45) is 0 Å². The molecule has 4 bridgehead atoms. The maximum atomic E-state index is 7.22. The average Bonchev–Trinajstić information content (AvgIpc) is 1.76. The van der Waals surface area contributed by atoms with E-state index in [1.165, 1.54) is 154 Å². The third kappa shape index (κ3) is 7.08. The summed E-state index contributed by atoms with van der Waals surface area (Å²) in [6, 6.07) is 101. The molecule has 2 atom stereocenters. The van der Waals surface area contributed by atoms with Gasteiger partial charge in [-0.1, -0.05) is 191 Å². The van der Waals surface area contributed by atoms with Crippen molar-refractivity contribution >= 4 is 110 Å². The van der Waals surface area contributed by atoms with Crippen LogP contribution in [0.1, 0.15) is 73.3 Å². The van der Waals surface area contributed by atoms with Crippen molar-refractivity contribution in [1.29, 1.82) is 0 Å². The maximum Gasteiger partial charge on any atom is 0.251 e. The van der Waals surface area contributed by atoms with Crippen LogP contribution in [0.2, 0.25) is 0 Å². The van der Waals surface area contributed by atoms with Crippen LogP contribution in [0.25, 0.3) is 132 Å². The lowest BCUT2D eigenvalue weighted by atomic mass is 9.33. The van der Waals surface area contributed by atoms with Crippen LogP contribution in [-0.4, -0.2) is 25.0 Å². The molecule has 0 saturated carbocycles. The number of rotatable bonds is 5. The molecular formula is C85H59BN4O. The predicted molar refractivity (Wildman–Crippen MR) is 381 cm³/mol. The number of ether oxygens (including phenoxy) is 1. The number of hydrogen-bond acceptors (Lipinski definition) is 1. The molecule has 20 rings (SSSR count).